The van der Waals surface area contributed by atoms with Crippen LogP contribution in [0.1, 0.15) is 0 Å². The Morgan fingerprint density at radius 3 is 2.86 bits per heavy atom. The molecule has 0 amide bonds. The van der Waals surface area contributed by atoms with E-state index in [-0.39, 0.29) is 0 Å². The van der Waals surface area contributed by atoms with Gasteiger partial charge in [-0.2, -0.15) is 0 Å². The molecule has 4 heteroatoms. The van der Waals surface area contributed by atoms with Gasteiger partial charge < -0.3 is 0 Å². The number of nitrogens with zero attached hydrogens (tertiary/aromatic N) is 2. The number of aliphatic imine (C=N–C) groups is 1. The summed E-state index contributed by atoms with van der Waals surface area (Å²) in [6.45, 7) is 0. The SMILES string of the molecule is SN1C=NC=CN1. The van der Waals surface area contributed by atoms with Crippen molar-refractivity contribution >= 4 is 19.2 Å². The van der Waals surface area contributed by atoms with Gasteiger partial charge in [0, 0.05) is 12.4 Å². The van der Waals surface area contributed by atoms with Crippen molar-refractivity contribution in [2.75, 3.05) is 0 Å². The zero-order valence-corrected chi connectivity index (χ0v) is 4.47. The molecule has 0 saturated carbocycles. The third-order valence-corrected chi connectivity index (χ3v) is 0.762. The zero-order chi connectivity index (χ0) is 5.11. The van der Waals surface area contributed by atoms with Gasteiger partial charge in [0.2, 0.25) is 0 Å². The fourth-order valence-electron chi connectivity index (χ4n) is 0.288. The predicted molar refractivity (Wildman–Crippen MR) is 31.6 cm³/mol. The summed E-state index contributed by atoms with van der Waals surface area (Å²) in [7, 11) is 0. The molecule has 0 atom stereocenters. The van der Waals surface area contributed by atoms with Crippen molar-refractivity contribution in [1.82, 2.24) is 9.84 Å². The lowest BCUT2D eigenvalue weighted by Crippen LogP contribution is -2.24. The minimum atomic E-state index is 1.46. The van der Waals surface area contributed by atoms with E-state index in [1.54, 1.807) is 18.7 Å². The van der Waals surface area contributed by atoms with E-state index in [1.807, 2.05) is 0 Å². The zero-order valence-electron chi connectivity index (χ0n) is 3.57. The van der Waals surface area contributed by atoms with Crippen LogP contribution < -0.4 is 5.43 Å². The number of rotatable bonds is 0. The monoisotopic (exact) mass is 115 g/mol. The Morgan fingerprint density at radius 2 is 2.57 bits per heavy atom. The van der Waals surface area contributed by atoms with Gasteiger partial charge in [-0.1, -0.05) is 0 Å². The average Bonchev–Trinajstić information content (AvgIpc) is 1.69. The lowest BCUT2D eigenvalue weighted by atomic mass is 10.9. The standard InChI is InChI=1S/C3H5N3S/c7-6-3-4-1-2-5-6/h1-3,5,7H. The molecule has 3 nitrogen and oxygen atoms in total. The number of nitrogens with one attached hydrogen (secondary N) is 1. The van der Waals surface area contributed by atoms with Gasteiger partial charge in [-0.3, -0.25) is 5.43 Å². The van der Waals surface area contributed by atoms with Crippen LogP contribution >= 0.6 is 12.8 Å². The summed E-state index contributed by atoms with van der Waals surface area (Å²) in [5.74, 6) is 0. The molecule has 0 radical (unpaired) electrons. The van der Waals surface area contributed by atoms with Crippen molar-refractivity contribution in [1.29, 1.82) is 0 Å². The molecule has 1 aliphatic heterocycles. The first kappa shape index (κ1) is 4.52. The first-order valence-corrected chi connectivity index (χ1v) is 2.22. The third kappa shape index (κ3) is 1.12. The van der Waals surface area contributed by atoms with Gasteiger partial charge in [0.15, 0.2) is 0 Å². The highest BCUT2D eigenvalue weighted by Gasteiger charge is 1.86. The molecular formula is C3H5N3S. The number of thiol groups is 1. The fraction of sp³-hybridized carbons (Fsp3) is 0. The second-order valence-corrected chi connectivity index (χ2v) is 1.48. The highest BCUT2D eigenvalue weighted by molar-refractivity contribution is 7.78. The smallest absolute Gasteiger partial charge is 0.122 e. The molecule has 38 valence electrons. The fourth-order valence-corrected chi connectivity index (χ4v) is 0.414. The second-order valence-electron chi connectivity index (χ2n) is 1.05. The van der Waals surface area contributed by atoms with E-state index < -0.39 is 0 Å². The number of hydrogen-bond donors (Lipinski definition) is 2. The van der Waals surface area contributed by atoms with Gasteiger partial charge in [-0.15, -0.1) is 0 Å². The van der Waals surface area contributed by atoms with Crippen LogP contribution in [0.15, 0.2) is 17.4 Å². The van der Waals surface area contributed by atoms with E-state index in [1.165, 1.54) is 4.41 Å². The predicted octanol–water partition coefficient (Wildman–Crippen LogP) is 0.151. The van der Waals surface area contributed by atoms with E-state index in [9.17, 15) is 0 Å². The van der Waals surface area contributed by atoms with Crippen LogP contribution in [0.3, 0.4) is 0 Å². The Labute approximate surface area is 47.2 Å². The highest BCUT2D eigenvalue weighted by Crippen LogP contribution is 1.86. The van der Waals surface area contributed by atoms with Crippen LogP contribution in [0.2, 0.25) is 0 Å². The van der Waals surface area contributed by atoms with Crippen molar-refractivity contribution in [3.05, 3.63) is 12.4 Å². The summed E-state index contributed by atoms with van der Waals surface area (Å²) in [6.07, 6.45) is 4.89. The van der Waals surface area contributed by atoms with Gasteiger partial charge in [0.25, 0.3) is 0 Å². The molecule has 0 aromatic rings. The molecule has 1 aliphatic rings. The first-order valence-electron chi connectivity index (χ1n) is 1.82. The first-order chi connectivity index (χ1) is 3.39. The summed E-state index contributed by atoms with van der Waals surface area (Å²) < 4.78 is 1.46. The second kappa shape index (κ2) is 1.88. The minimum absolute atomic E-state index is 1.46. The number of hydrazine groups is 1. The van der Waals surface area contributed by atoms with Crippen LogP contribution in [0.5, 0.6) is 0 Å². The molecule has 0 unspecified atom stereocenters. The summed E-state index contributed by atoms with van der Waals surface area (Å²) in [5.41, 5.74) is 2.75. The normalized spacial score (nSPS) is 17.0. The van der Waals surface area contributed by atoms with Crippen LogP contribution in [-0.2, 0) is 0 Å². The third-order valence-electron chi connectivity index (χ3n) is 0.543. The molecule has 7 heavy (non-hydrogen) atoms. The molecule has 1 heterocycles. The Bertz CT molecular complexity index is 109. The maximum absolute atomic E-state index is 3.88. The molecule has 0 aromatic carbocycles. The Balaban J connectivity index is 2.49. The Kier molecular flexibility index (Phi) is 1.21. The van der Waals surface area contributed by atoms with E-state index in [0.717, 1.165) is 0 Å². The molecule has 0 bridgehead atoms. The van der Waals surface area contributed by atoms with Crippen molar-refractivity contribution in [3.63, 3.8) is 0 Å². The van der Waals surface area contributed by atoms with Crippen LogP contribution in [0.4, 0.5) is 0 Å². The Morgan fingerprint density at radius 1 is 1.71 bits per heavy atom. The summed E-state index contributed by atoms with van der Waals surface area (Å²) in [5, 5.41) is 0. The lowest BCUT2D eigenvalue weighted by molar-refractivity contribution is 0.601. The van der Waals surface area contributed by atoms with Crippen LogP contribution in [0, 0.1) is 0 Å². The topological polar surface area (TPSA) is 27.6 Å². The largest absolute Gasteiger partial charge is 0.293 e. The maximum atomic E-state index is 3.88. The molecule has 1 N–H and O–H groups in total. The summed E-state index contributed by atoms with van der Waals surface area (Å²) in [4.78, 5) is 3.74. The van der Waals surface area contributed by atoms with E-state index >= 15 is 0 Å². The lowest BCUT2D eigenvalue weighted by Gasteiger charge is -2.11. The minimum Gasteiger partial charge on any atom is -0.293 e. The van der Waals surface area contributed by atoms with Gasteiger partial charge in [-0.25, -0.2) is 9.41 Å². The molecule has 0 aromatic heterocycles. The van der Waals surface area contributed by atoms with E-state index in [4.69, 9.17) is 0 Å². The van der Waals surface area contributed by atoms with Crippen LogP contribution in [-0.4, -0.2) is 10.8 Å². The van der Waals surface area contributed by atoms with Crippen LogP contribution in [0.25, 0.3) is 0 Å². The van der Waals surface area contributed by atoms with Crippen molar-refractivity contribution in [3.8, 4) is 0 Å². The van der Waals surface area contributed by atoms with Crippen molar-refractivity contribution in [2.45, 2.75) is 0 Å². The maximum Gasteiger partial charge on any atom is 0.122 e. The molecule has 0 aliphatic carbocycles. The van der Waals surface area contributed by atoms with E-state index in [2.05, 4.69) is 23.2 Å². The van der Waals surface area contributed by atoms with Gasteiger partial charge in [-0.05, 0) is 12.8 Å². The van der Waals surface area contributed by atoms with Crippen molar-refractivity contribution in [2.24, 2.45) is 4.99 Å². The van der Waals surface area contributed by atoms with Gasteiger partial charge >= 0.3 is 0 Å². The molecule has 0 spiro atoms. The molecular weight excluding hydrogens is 110 g/mol. The van der Waals surface area contributed by atoms with Gasteiger partial charge in [0.1, 0.15) is 6.34 Å². The molecule has 0 saturated heterocycles. The van der Waals surface area contributed by atoms with E-state index in [0.29, 0.717) is 0 Å². The summed E-state index contributed by atoms with van der Waals surface area (Å²) in [6, 6.07) is 0. The summed E-state index contributed by atoms with van der Waals surface area (Å²) >= 11 is 3.88. The Hall–Kier alpha value is -0.640. The quantitative estimate of drug-likeness (QED) is 0.440. The van der Waals surface area contributed by atoms with Gasteiger partial charge in [0.05, 0.1) is 0 Å². The highest BCUT2D eigenvalue weighted by atomic mass is 32.1. The molecule has 1 rings (SSSR count). The number of hydrogen-bond acceptors (Lipinski definition) is 4. The average molecular weight is 115 g/mol. The molecule has 0 fully saturated rings. The van der Waals surface area contributed by atoms with Crippen molar-refractivity contribution < 1.29 is 0 Å².